The number of oxime groups is 2. The molecule has 156 valence electrons. The number of carbonyl (C=O) groups excluding carboxylic acids is 1. The predicted molar refractivity (Wildman–Crippen MR) is 109 cm³/mol. The van der Waals surface area contributed by atoms with Gasteiger partial charge in [-0.2, -0.15) is 0 Å². The van der Waals surface area contributed by atoms with E-state index >= 15 is 0 Å². The average molecular weight is 402 g/mol. The summed E-state index contributed by atoms with van der Waals surface area (Å²) in [6, 6.07) is 1.68. The number of hydrogen-bond acceptors (Lipinski definition) is 8. The maximum atomic E-state index is 12.1. The van der Waals surface area contributed by atoms with Gasteiger partial charge in [0.25, 0.3) is 0 Å². The van der Waals surface area contributed by atoms with Crippen molar-refractivity contribution in [2.75, 3.05) is 14.2 Å². The van der Waals surface area contributed by atoms with Gasteiger partial charge in [-0.15, -0.1) is 0 Å². The Morgan fingerprint density at radius 3 is 2.21 bits per heavy atom. The van der Waals surface area contributed by atoms with Crippen LogP contribution < -0.4 is 9.47 Å². The van der Waals surface area contributed by atoms with Crippen LogP contribution in [0.4, 0.5) is 0 Å². The van der Waals surface area contributed by atoms with E-state index in [-0.39, 0.29) is 23.8 Å². The summed E-state index contributed by atoms with van der Waals surface area (Å²) in [5, 5.41) is 25.6. The van der Waals surface area contributed by atoms with E-state index < -0.39 is 6.10 Å². The lowest BCUT2D eigenvalue weighted by Gasteiger charge is -2.25. The zero-order valence-electron chi connectivity index (χ0n) is 17.2. The molecule has 8 heteroatoms. The van der Waals surface area contributed by atoms with E-state index in [1.165, 1.54) is 26.4 Å². The van der Waals surface area contributed by atoms with E-state index in [1.807, 2.05) is 19.9 Å². The third-order valence-corrected chi connectivity index (χ3v) is 4.47. The summed E-state index contributed by atoms with van der Waals surface area (Å²) < 4.78 is 16.8. The molecule has 0 heterocycles. The number of carbonyl (C=O) groups is 1. The first-order valence-electron chi connectivity index (χ1n) is 9.16. The Balaban J connectivity index is 2.80. The molecule has 1 aromatic rings. The first-order chi connectivity index (χ1) is 13.9. The lowest BCUT2D eigenvalue weighted by molar-refractivity contribution is -0.149. The summed E-state index contributed by atoms with van der Waals surface area (Å²) in [5.41, 5.74) is 2.84. The van der Waals surface area contributed by atoms with E-state index in [0.29, 0.717) is 34.6 Å². The smallest absolute Gasteiger partial charge is 0.306 e. The topological polar surface area (TPSA) is 110 Å². The standard InChI is InChI=1S/C21H26N2O6/c1-6-18(24)29-16(10-7-12(2)3)13-11-17(27-4)19-14(22-25)8-9-15(23-26)20(19)21(13)28-5/h7-9,11,16,25-26H,6,10H2,1-5H3/t16-/m1/s1. The minimum Gasteiger partial charge on any atom is -0.496 e. The van der Waals surface area contributed by atoms with E-state index in [0.717, 1.165) is 5.57 Å². The summed E-state index contributed by atoms with van der Waals surface area (Å²) in [7, 11) is 2.94. The van der Waals surface area contributed by atoms with Crippen molar-refractivity contribution in [2.24, 2.45) is 10.3 Å². The van der Waals surface area contributed by atoms with Gasteiger partial charge in [0.2, 0.25) is 0 Å². The molecule has 8 nitrogen and oxygen atoms in total. The fourth-order valence-corrected chi connectivity index (χ4v) is 3.09. The van der Waals surface area contributed by atoms with Crippen molar-refractivity contribution in [3.05, 3.63) is 46.6 Å². The Hall–Kier alpha value is -3.29. The van der Waals surface area contributed by atoms with Gasteiger partial charge in [-0.05, 0) is 32.1 Å². The van der Waals surface area contributed by atoms with Crippen LogP contribution in [0.25, 0.3) is 0 Å². The van der Waals surface area contributed by atoms with Gasteiger partial charge in [0.15, 0.2) is 0 Å². The Kier molecular flexibility index (Phi) is 7.41. The SMILES string of the molecule is CCC(=O)O[C@H](CC=C(C)C)c1cc(OC)c2c(c1OC)C(=NO)C=CC2=NO. The lowest BCUT2D eigenvalue weighted by Crippen LogP contribution is -2.19. The molecule has 0 amide bonds. The maximum Gasteiger partial charge on any atom is 0.306 e. The molecule has 0 bridgehead atoms. The van der Waals surface area contributed by atoms with E-state index in [2.05, 4.69) is 10.3 Å². The summed E-state index contributed by atoms with van der Waals surface area (Å²) in [6.45, 7) is 5.62. The fourth-order valence-electron chi connectivity index (χ4n) is 3.09. The molecule has 0 spiro atoms. The molecule has 1 aromatic carbocycles. The van der Waals surface area contributed by atoms with Crippen molar-refractivity contribution in [3.8, 4) is 11.5 Å². The molecule has 0 unspecified atom stereocenters. The van der Waals surface area contributed by atoms with Gasteiger partial charge in [-0.3, -0.25) is 4.79 Å². The Bertz CT molecular complexity index is 895. The van der Waals surface area contributed by atoms with Crippen LogP contribution in [0, 0.1) is 0 Å². The molecular formula is C21H26N2O6. The number of rotatable bonds is 7. The van der Waals surface area contributed by atoms with Crippen molar-refractivity contribution < 1.29 is 29.4 Å². The molecule has 0 aromatic heterocycles. The highest BCUT2D eigenvalue weighted by atomic mass is 16.5. The van der Waals surface area contributed by atoms with E-state index in [1.54, 1.807) is 13.0 Å². The molecule has 0 saturated heterocycles. The van der Waals surface area contributed by atoms with Gasteiger partial charge >= 0.3 is 5.97 Å². The minimum atomic E-state index is -0.646. The van der Waals surface area contributed by atoms with Crippen LogP contribution in [0.2, 0.25) is 0 Å². The van der Waals surface area contributed by atoms with Crippen molar-refractivity contribution in [3.63, 3.8) is 0 Å². The summed E-state index contributed by atoms with van der Waals surface area (Å²) in [4.78, 5) is 12.1. The van der Waals surface area contributed by atoms with Crippen molar-refractivity contribution in [1.29, 1.82) is 0 Å². The number of fused-ring (bicyclic) bond motifs is 1. The maximum absolute atomic E-state index is 12.1. The van der Waals surface area contributed by atoms with E-state index in [9.17, 15) is 15.2 Å². The fraction of sp³-hybridized carbons (Fsp3) is 0.381. The number of benzene rings is 1. The summed E-state index contributed by atoms with van der Waals surface area (Å²) in [6.07, 6.45) is 4.95. The first kappa shape index (κ1) is 22.0. The van der Waals surface area contributed by atoms with Crippen LogP contribution >= 0.6 is 0 Å². The highest BCUT2D eigenvalue weighted by Gasteiger charge is 2.31. The second kappa shape index (κ2) is 9.77. The number of esters is 1. The van der Waals surface area contributed by atoms with Crippen LogP contribution in [0.3, 0.4) is 0 Å². The monoisotopic (exact) mass is 402 g/mol. The van der Waals surface area contributed by atoms with Crippen molar-refractivity contribution in [2.45, 2.75) is 39.7 Å². The molecule has 29 heavy (non-hydrogen) atoms. The van der Waals surface area contributed by atoms with Gasteiger partial charge in [0.1, 0.15) is 29.0 Å². The molecule has 0 fully saturated rings. The van der Waals surface area contributed by atoms with Crippen LogP contribution in [0.5, 0.6) is 11.5 Å². The number of allylic oxidation sites excluding steroid dienone is 3. The number of ether oxygens (including phenoxy) is 3. The normalized spacial score (nSPS) is 16.3. The summed E-state index contributed by atoms with van der Waals surface area (Å²) in [5.74, 6) is 0.350. The number of nitrogens with zero attached hydrogens (tertiary/aromatic N) is 2. The Labute approximate surface area is 169 Å². The Morgan fingerprint density at radius 2 is 1.72 bits per heavy atom. The molecular weight excluding hydrogens is 376 g/mol. The molecule has 0 aliphatic heterocycles. The average Bonchev–Trinajstić information content (AvgIpc) is 2.74. The third kappa shape index (κ3) is 4.59. The van der Waals surface area contributed by atoms with E-state index in [4.69, 9.17) is 14.2 Å². The molecule has 1 aliphatic rings. The van der Waals surface area contributed by atoms with Crippen LogP contribution in [0.15, 0.2) is 40.2 Å². The third-order valence-electron chi connectivity index (χ3n) is 4.47. The van der Waals surface area contributed by atoms with Gasteiger partial charge in [0, 0.05) is 18.4 Å². The largest absolute Gasteiger partial charge is 0.496 e. The number of hydrogen-bond donors (Lipinski definition) is 2. The van der Waals surface area contributed by atoms with Crippen molar-refractivity contribution in [1.82, 2.24) is 0 Å². The van der Waals surface area contributed by atoms with Crippen LogP contribution in [-0.4, -0.2) is 42.0 Å². The van der Waals surface area contributed by atoms with Gasteiger partial charge in [0.05, 0.1) is 25.3 Å². The molecule has 2 rings (SSSR count). The van der Waals surface area contributed by atoms with Crippen LogP contribution in [-0.2, 0) is 9.53 Å². The van der Waals surface area contributed by atoms with Gasteiger partial charge < -0.3 is 24.6 Å². The zero-order valence-corrected chi connectivity index (χ0v) is 17.2. The zero-order chi connectivity index (χ0) is 21.6. The molecule has 2 N–H and O–H groups in total. The quantitative estimate of drug-likeness (QED) is 0.309. The predicted octanol–water partition coefficient (Wildman–Crippen LogP) is 3.98. The summed E-state index contributed by atoms with van der Waals surface area (Å²) >= 11 is 0. The van der Waals surface area contributed by atoms with Crippen molar-refractivity contribution >= 4 is 17.4 Å². The first-order valence-corrected chi connectivity index (χ1v) is 9.16. The second-order valence-corrected chi connectivity index (χ2v) is 6.60. The Morgan fingerprint density at radius 1 is 1.10 bits per heavy atom. The highest BCUT2D eigenvalue weighted by Crippen LogP contribution is 2.42. The minimum absolute atomic E-state index is 0.201. The molecule has 0 saturated carbocycles. The second-order valence-electron chi connectivity index (χ2n) is 6.60. The van der Waals surface area contributed by atoms with Gasteiger partial charge in [-0.1, -0.05) is 28.9 Å². The molecule has 1 atom stereocenters. The highest BCUT2D eigenvalue weighted by molar-refractivity contribution is 6.27. The lowest BCUT2D eigenvalue weighted by atomic mass is 9.88. The molecule has 1 aliphatic carbocycles. The van der Waals surface area contributed by atoms with Gasteiger partial charge in [-0.25, -0.2) is 0 Å². The number of methoxy groups -OCH3 is 2. The molecule has 0 radical (unpaired) electrons. The van der Waals surface area contributed by atoms with Crippen LogP contribution in [0.1, 0.15) is 56.4 Å².